The molecule has 29 heavy (non-hydrogen) atoms. The number of carbonyl (C=O) groups excluding carboxylic acids is 1. The molecule has 2 aromatic carbocycles. The Morgan fingerprint density at radius 2 is 1.93 bits per heavy atom. The Morgan fingerprint density at radius 3 is 2.62 bits per heavy atom. The molecule has 2 aromatic heterocycles. The number of aromatic nitrogens is 2. The van der Waals surface area contributed by atoms with Crippen LogP contribution in [0.2, 0.25) is 5.02 Å². The van der Waals surface area contributed by atoms with Crippen molar-refractivity contribution in [2.24, 2.45) is 0 Å². The summed E-state index contributed by atoms with van der Waals surface area (Å²) in [4.78, 5) is 18.1. The van der Waals surface area contributed by atoms with Crippen LogP contribution >= 0.6 is 22.9 Å². The minimum absolute atomic E-state index is 0.0141. The number of halogens is 2. The van der Waals surface area contributed by atoms with Crippen molar-refractivity contribution in [2.45, 2.75) is 4.90 Å². The van der Waals surface area contributed by atoms with Crippen LogP contribution < -0.4 is 5.32 Å². The lowest BCUT2D eigenvalue weighted by Crippen LogP contribution is -2.15. The first-order valence-electron chi connectivity index (χ1n) is 8.26. The zero-order valence-corrected chi connectivity index (χ0v) is 17.3. The molecule has 0 radical (unpaired) electrons. The van der Waals surface area contributed by atoms with Gasteiger partial charge in [-0.1, -0.05) is 11.6 Å². The third-order valence-corrected chi connectivity index (χ3v) is 6.42. The van der Waals surface area contributed by atoms with Gasteiger partial charge >= 0.3 is 0 Å². The fourth-order valence-corrected chi connectivity index (χ4v) is 4.36. The topological polar surface area (TPSA) is 80.5 Å². The summed E-state index contributed by atoms with van der Waals surface area (Å²) in [5.41, 5.74) is 1.10. The maximum Gasteiger partial charge on any atom is 0.258 e. The molecule has 0 spiro atoms. The third-order valence-electron chi connectivity index (χ3n) is 4.22. The Hall–Kier alpha value is -2.75. The van der Waals surface area contributed by atoms with Gasteiger partial charge in [0.1, 0.15) is 17.3 Å². The van der Waals surface area contributed by atoms with E-state index in [1.165, 1.54) is 41.7 Å². The van der Waals surface area contributed by atoms with Gasteiger partial charge in [0.15, 0.2) is 14.8 Å². The van der Waals surface area contributed by atoms with Gasteiger partial charge in [0.2, 0.25) is 0 Å². The molecule has 0 aliphatic rings. The molecule has 4 rings (SSSR count). The molecule has 0 atom stereocenters. The molecule has 148 valence electrons. The predicted molar refractivity (Wildman–Crippen MR) is 111 cm³/mol. The summed E-state index contributed by atoms with van der Waals surface area (Å²) in [7, 11) is -3.51. The van der Waals surface area contributed by atoms with E-state index in [0.29, 0.717) is 22.0 Å². The van der Waals surface area contributed by atoms with Gasteiger partial charge in [0.25, 0.3) is 5.91 Å². The lowest BCUT2D eigenvalue weighted by molar-refractivity contribution is 0.102. The number of hydrogen-bond donors (Lipinski definition) is 1. The summed E-state index contributed by atoms with van der Waals surface area (Å²) in [6.07, 6.45) is 2.79. The molecule has 2 heterocycles. The average Bonchev–Trinajstić information content (AvgIpc) is 3.24. The van der Waals surface area contributed by atoms with E-state index < -0.39 is 15.7 Å². The number of nitrogens with zero attached hydrogens (tertiary/aromatic N) is 2. The van der Waals surface area contributed by atoms with Crippen LogP contribution in [0.5, 0.6) is 0 Å². The zero-order valence-electron chi connectivity index (χ0n) is 14.9. The first-order valence-corrected chi connectivity index (χ1v) is 11.4. The van der Waals surface area contributed by atoms with Crippen LogP contribution in [0.3, 0.4) is 0 Å². The highest BCUT2D eigenvalue weighted by molar-refractivity contribution is 7.90. The molecule has 0 aliphatic carbocycles. The van der Waals surface area contributed by atoms with Crippen molar-refractivity contribution < 1.29 is 17.6 Å². The Labute approximate surface area is 174 Å². The monoisotopic (exact) mass is 449 g/mol. The van der Waals surface area contributed by atoms with Gasteiger partial charge < -0.3 is 5.32 Å². The molecule has 0 fully saturated rings. The number of rotatable bonds is 4. The number of anilines is 1. The summed E-state index contributed by atoms with van der Waals surface area (Å²) in [6.45, 7) is 0. The molecule has 0 bridgehead atoms. The van der Waals surface area contributed by atoms with Crippen LogP contribution in [-0.2, 0) is 9.84 Å². The van der Waals surface area contributed by atoms with Crippen molar-refractivity contribution in [1.29, 1.82) is 0 Å². The molecule has 1 amide bonds. The van der Waals surface area contributed by atoms with Crippen molar-refractivity contribution >= 4 is 49.5 Å². The van der Waals surface area contributed by atoms with Crippen LogP contribution in [0.25, 0.3) is 16.2 Å². The average molecular weight is 450 g/mol. The molecule has 4 aromatic rings. The van der Waals surface area contributed by atoms with E-state index in [-0.39, 0.29) is 21.3 Å². The number of hydrogen-bond acceptors (Lipinski definition) is 5. The first-order chi connectivity index (χ1) is 13.7. The summed E-state index contributed by atoms with van der Waals surface area (Å²) in [6, 6.07) is 9.68. The summed E-state index contributed by atoms with van der Waals surface area (Å²) in [5.74, 6) is -0.597. The van der Waals surface area contributed by atoms with Crippen molar-refractivity contribution in [3.8, 4) is 11.3 Å². The fraction of sp³-hybridized carbons (Fsp3) is 0.0526. The number of sulfone groups is 1. The number of thiazole rings is 1. The maximum absolute atomic E-state index is 13.3. The van der Waals surface area contributed by atoms with E-state index in [2.05, 4.69) is 10.3 Å². The molecule has 0 saturated heterocycles. The first kappa shape index (κ1) is 19.6. The van der Waals surface area contributed by atoms with E-state index >= 15 is 0 Å². The van der Waals surface area contributed by atoms with Crippen molar-refractivity contribution in [3.63, 3.8) is 0 Å². The highest BCUT2D eigenvalue weighted by Crippen LogP contribution is 2.32. The molecule has 1 N–H and O–H groups in total. The smallest absolute Gasteiger partial charge is 0.258 e. The van der Waals surface area contributed by atoms with E-state index in [1.54, 1.807) is 22.7 Å². The van der Waals surface area contributed by atoms with Crippen molar-refractivity contribution in [1.82, 2.24) is 9.38 Å². The number of carbonyl (C=O) groups is 1. The number of nitrogens with one attached hydrogen (secondary N) is 1. The zero-order chi connectivity index (χ0) is 20.8. The van der Waals surface area contributed by atoms with E-state index in [0.717, 1.165) is 6.26 Å². The van der Waals surface area contributed by atoms with Gasteiger partial charge in [-0.15, -0.1) is 11.3 Å². The molecular formula is C19H13ClFN3O3S2. The standard InChI is InChI=1S/C19H13ClFN3O3S2/c1-29(26,27)13-6-7-15(20)14(10-13)18(25)23-17-16(11-2-4-12(21)5-3-11)22-19-24(17)8-9-28-19/h2-10H,1H3,(H,23,25). The minimum Gasteiger partial charge on any atom is -0.306 e. The lowest BCUT2D eigenvalue weighted by Gasteiger charge is -2.10. The number of imidazole rings is 1. The lowest BCUT2D eigenvalue weighted by atomic mass is 10.1. The van der Waals surface area contributed by atoms with E-state index in [9.17, 15) is 17.6 Å². The predicted octanol–water partition coefficient (Wildman–Crippen LogP) is 4.51. The second-order valence-electron chi connectivity index (χ2n) is 6.24. The number of benzene rings is 2. The maximum atomic E-state index is 13.3. The number of fused-ring (bicyclic) bond motifs is 1. The molecule has 10 heteroatoms. The highest BCUT2D eigenvalue weighted by Gasteiger charge is 2.21. The Kier molecular flexibility index (Phi) is 4.89. The normalized spacial score (nSPS) is 11.7. The van der Waals surface area contributed by atoms with Crippen LogP contribution in [0.15, 0.2) is 58.9 Å². The minimum atomic E-state index is -3.51. The quantitative estimate of drug-likeness (QED) is 0.497. The van der Waals surface area contributed by atoms with Gasteiger partial charge in [-0.2, -0.15) is 0 Å². The number of amides is 1. The summed E-state index contributed by atoms with van der Waals surface area (Å²) >= 11 is 7.51. The Morgan fingerprint density at radius 1 is 1.21 bits per heavy atom. The second-order valence-corrected chi connectivity index (χ2v) is 9.54. The molecule has 0 unspecified atom stereocenters. The second kappa shape index (κ2) is 7.25. The van der Waals surface area contributed by atoms with Crippen LogP contribution in [0, 0.1) is 5.82 Å². The van der Waals surface area contributed by atoms with E-state index in [4.69, 9.17) is 11.6 Å². The molecule has 0 aliphatic heterocycles. The van der Waals surface area contributed by atoms with Gasteiger partial charge in [-0.3, -0.25) is 9.20 Å². The summed E-state index contributed by atoms with van der Waals surface area (Å²) in [5, 5.41) is 4.69. The Balaban J connectivity index is 1.79. The van der Waals surface area contributed by atoms with Gasteiger partial charge in [-0.25, -0.2) is 17.8 Å². The Bertz CT molecular complexity index is 1350. The third kappa shape index (κ3) is 3.76. The largest absolute Gasteiger partial charge is 0.306 e. The van der Waals surface area contributed by atoms with Crippen molar-refractivity contribution in [2.75, 3.05) is 11.6 Å². The van der Waals surface area contributed by atoms with Gasteiger partial charge in [0, 0.05) is 23.4 Å². The summed E-state index contributed by atoms with van der Waals surface area (Å²) < 4.78 is 38.6. The van der Waals surface area contributed by atoms with Crippen LogP contribution in [-0.4, -0.2) is 30.0 Å². The molecular weight excluding hydrogens is 437 g/mol. The molecule has 0 saturated carbocycles. The van der Waals surface area contributed by atoms with Crippen LogP contribution in [0.4, 0.5) is 10.2 Å². The molecule has 6 nitrogen and oxygen atoms in total. The van der Waals surface area contributed by atoms with Gasteiger partial charge in [-0.05, 0) is 42.5 Å². The highest BCUT2D eigenvalue weighted by atomic mass is 35.5. The van der Waals surface area contributed by atoms with Crippen LogP contribution in [0.1, 0.15) is 10.4 Å². The van der Waals surface area contributed by atoms with Crippen molar-refractivity contribution in [3.05, 3.63) is 70.4 Å². The van der Waals surface area contributed by atoms with E-state index in [1.807, 2.05) is 5.38 Å². The fourth-order valence-electron chi connectivity index (χ4n) is 2.80. The SMILES string of the molecule is CS(=O)(=O)c1ccc(Cl)c(C(=O)Nc2c(-c3ccc(F)cc3)nc3sccn23)c1. The van der Waals surface area contributed by atoms with Gasteiger partial charge in [0.05, 0.1) is 15.5 Å².